The average Bonchev–Trinajstić information content (AvgIpc) is 3.40. The van der Waals surface area contributed by atoms with Gasteiger partial charge in [0.1, 0.15) is 0 Å². The van der Waals surface area contributed by atoms with Gasteiger partial charge in [0.15, 0.2) is 11.5 Å². The lowest BCUT2D eigenvalue weighted by Gasteiger charge is -2.17. The van der Waals surface area contributed by atoms with Gasteiger partial charge < -0.3 is 14.4 Å². The number of fused-ring (bicyclic) bond motifs is 2. The van der Waals surface area contributed by atoms with E-state index in [1.807, 2.05) is 48.5 Å². The van der Waals surface area contributed by atoms with Crippen molar-refractivity contribution in [3.63, 3.8) is 0 Å². The molecule has 6 nitrogen and oxygen atoms in total. The van der Waals surface area contributed by atoms with E-state index in [4.69, 9.17) is 9.47 Å². The maximum atomic E-state index is 12.5. The number of carbonyl (C=O) groups is 1. The monoisotopic (exact) mass is 463 g/mol. The first-order chi connectivity index (χ1) is 14.7. The molecule has 30 heavy (non-hydrogen) atoms. The summed E-state index contributed by atoms with van der Waals surface area (Å²) >= 11 is 3.47. The Morgan fingerprint density at radius 1 is 0.967 bits per heavy atom. The van der Waals surface area contributed by atoms with E-state index in [0.717, 1.165) is 34.4 Å². The Bertz CT molecular complexity index is 1140. The third kappa shape index (κ3) is 3.76. The highest BCUT2D eigenvalue weighted by Crippen LogP contribution is 2.32. The minimum Gasteiger partial charge on any atom is -0.454 e. The van der Waals surface area contributed by atoms with Gasteiger partial charge in [-0.15, -0.1) is 0 Å². The molecule has 0 fully saturated rings. The minimum absolute atomic E-state index is 0.226. The lowest BCUT2D eigenvalue weighted by Crippen LogP contribution is -2.17. The van der Waals surface area contributed by atoms with Crippen LogP contribution in [0.4, 0.5) is 5.69 Å². The molecule has 0 aliphatic carbocycles. The summed E-state index contributed by atoms with van der Waals surface area (Å²) in [5.41, 5.74) is 7.56. The maximum absolute atomic E-state index is 12.5. The van der Waals surface area contributed by atoms with Crippen LogP contribution in [0, 0.1) is 0 Å². The molecule has 2 aliphatic rings. The Morgan fingerprint density at radius 3 is 2.63 bits per heavy atom. The summed E-state index contributed by atoms with van der Waals surface area (Å²) in [4.78, 5) is 14.8. The number of anilines is 1. The highest BCUT2D eigenvalue weighted by atomic mass is 79.9. The van der Waals surface area contributed by atoms with Gasteiger partial charge in [0, 0.05) is 28.8 Å². The first kappa shape index (κ1) is 18.7. The second-order valence-electron chi connectivity index (χ2n) is 7.13. The van der Waals surface area contributed by atoms with Crippen LogP contribution in [-0.4, -0.2) is 18.9 Å². The summed E-state index contributed by atoms with van der Waals surface area (Å²) in [5.74, 6) is 1.16. The summed E-state index contributed by atoms with van der Waals surface area (Å²) in [6, 6.07) is 19.6. The van der Waals surface area contributed by atoms with Gasteiger partial charge in [-0.2, -0.15) is 5.10 Å². The minimum atomic E-state index is -0.239. The van der Waals surface area contributed by atoms with E-state index in [1.165, 1.54) is 5.56 Å². The van der Waals surface area contributed by atoms with E-state index in [-0.39, 0.29) is 12.7 Å². The second kappa shape index (κ2) is 7.84. The van der Waals surface area contributed by atoms with Crippen molar-refractivity contribution in [2.24, 2.45) is 5.10 Å². The summed E-state index contributed by atoms with van der Waals surface area (Å²) in [7, 11) is 0. The van der Waals surface area contributed by atoms with Crippen molar-refractivity contribution >= 4 is 33.7 Å². The summed E-state index contributed by atoms with van der Waals surface area (Å²) < 4.78 is 11.7. The van der Waals surface area contributed by atoms with Crippen molar-refractivity contribution in [1.82, 2.24) is 5.43 Å². The number of amides is 1. The number of carbonyl (C=O) groups excluding carboxylic acids is 1. The fourth-order valence-electron chi connectivity index (χ4n) is 3.59. The molecule has 2 heterocycles. The number of benzene rings is 3. The van der Waals surface area contributed by atoms with Crippen LogP contribution in [0.1, 0.15) is 27.0 Å². The molecule has 2 aliphatic heterocycles. The van der Waals surface area contributed by atoms with Crippen LogP contribution in [0.2, 0.25) is 0 Å². The fourth-order valence-corrected chi connectivity index (χ4v) is 3.86. The highest BCUT2D eigenvalue weighted by Gasteiger charge is 2.20. The molecule has 7 heteroatoms. The molecule has 150 valence electrons. The molecule has 5 rings (SSSR count). The summed E-state index contributed by atoms with van der Waals surface area (Å²) in [6.07, 6.45) is 1.59. The Balaban J connectivity index is 1.24. The van der Waals surface area contributed by atoms with Gasteiger partial charge in [0.2, 0.25) is 6.79 Å². The van der Waals surface area contributed by atoms with E-state index in [2.05, 4.69) is 43.5 Å². The molecular weight excluding hydrogens is 446 g/mol. The quantitative estimate of drug-likeness (QED) is 0.458. The van der Waals surface area contributed by atoms with Crippen LogP contribution in [0.5, 0.6) is 11.5 Å². The van der Waals surface area contributed by atoms with E-state index in [1.54, 1.807) is 6.21 Å². The number of rotatable bonds is 4. The summed E-state index contributed by atoms with van der Waals surface area (Å²) in [6.45, 7) is 1.84. The first-order valence-corrected chi connectivity index (χ1v) is 10.3. The zero-order valence-corrected chi connectivity index (χ0v) is 17.6. The normalized spacial score (nSPS) is 14.2. The molecule has 3 aromatic rings. The highest BCUT2D eigenvalue weighted by molar-refractivity contribution is 9.10. The SMILES string of the molecule is O=C(N/N=C\c1ccc2c(c1)OCO2)c1ccc2c(c1)CN(c1ccc(Br)cc1)C2. The van der Waals surface area contributed by atoms with Crippen LogP contribution in [0.15, 0.2) is 70.2 Å². The lowest BCUT2D eigenvalue weighted by molar-refractivity contribution is 0.0955. The standard InChI is InChI=1S/C23H18BrN3O3/c24-19-4-6-20(7-5-19)27-12-17-3-2-16(10-18(17)13-27)23(28)26-25-11-15-1-8-21-22(9-15)30-14-29-21/h1-11H,12-14H2,(H,26,28)/b25-11-. The molecular formula is C23H18BrN3O3. The third-order valence-electron chi connectivity index (χ3n) is 5.16. The number of hydrogen-bond donors (Lipinski definition) is 1. The molecule has 0 bridgehead atoms. The zero-order chi connectivity index (χ0) is 20.5. The van der Waals surface area contributed by atoms with Crippen LogP contribution in [0.3, 0.4) is 0 Å². The van der Waals surface area contributed by atoms with E-state index in [0.29, 0.717) is 17.1 Å². The van der Waals surface area contributed by atoms with Gasteiger partial charge in [-0.25, -0.2) is 5.43 Å². The first-order valence-electron chi connectivity index (χ1n) is 9.51. The number of hydrogen-bond acceptors (Lipinski definition) is 5. The van der Waals surface area contributed by atoms with Crippen molar-refractivity contribution in [1.29, 1.82) is 0 Å². The van der Waals surface area contributed by atoms with Gasteiger partial charge in [-0.1, -0.05) is 22.0 Å². The van der Waals surface area contributed by atoms with E-state index in [9.17, 15) is 4.79 Å². The topological polar surface area (TPSA) is 63.2 Å². The van der Waals surface area contributed by atoms with Crippen molar-refractivity contribution < 1.29 is 14.3 Å². The van der Waals surface area contributed by atoms with E-state index >= 15 is 0 Å². The van der Waals surface area contributed by atoms with Crippen LogP contribution < -0.4 is 19.8 Å². The van der Waals surface area contributed by atoms with Gasteiger partial charge in [0.25, 0.3) is 5.91 Å². The number of nitrogens with one attached hydrogen (secondary N) is 1. The Labute approximate surface area is 182 Å². The zero-order valence-electron chi connectivity index (χ0n) is 16.0. The van der Waals surface area contributed by atoms with Crippen molar-refractivity contribution in [3.05, 3.63) is 87.4 Å². The van der Waals surface area contributed by atoms with Gasteiger partial charge in [-0.3, -0.25) is 4.79 Å². The number of halogens is 1. The Hall–Kier alpha value is -3.32. The summed E-state index contributed by atoms with van der Waals surface area (Å²) in [5, 5.41) is 4.07. The van der Waals surface area contributed by atoms with Gasteiger partial charge >= 0.3 is 0 Å². The van der Waals surface area contributed by atoms with Crippen molar-refractivity contribution in [3.8, 4) is 11.5 Å². The molecule has 0 unspecified atom stereocenters. The smallest absolute Gasteiger partial charge is 0.271 e. The Morgan fingerprint density at radius 2 is 1.77 bits per heavy atom. The van der Waals surface area contributed by atoms with Crippen LogP contribution >= 0.6 is 15.9 Å². The fraction of sp³-hybridized carbons (Fsp3) is 0.130. The predicted octanol–water partition coefficient (Wildman–Crippen LogP) is 4.46. The molecule has 0 saturated heterocycles. The lowest BCUT2D eigenvalue weighted by atomic mass is 10.1. The van der Waals surface area contributed by atoms with Gasteiger partial charge in [-0.05, 0) is 71.3 Å². The molecule has 1 N–H and O–H groups in total. The maximum Gasteiger partial charge on any atom is 0.271 e. The molecule has 0 spiro atoms. The number of ether oxygens (including phenoxy) is 2. The van der Waals surface area contributed by atoms with Crippen molar-refractivity contribution in [2.45, 2.75) is 13.1 Å². The van der Waals surface area contributed by atoms with Crippen molar-refractivity contribution in [2.75, 3.05) is 11.7 Å². The van der Waals surface area contributed by atoms with E-state index < -0.39 is 0 Å². The second-order valence-corrected chi connectivity index (χ2v) is 8.04. The van der Waals surface area contributed by atoms with Crippen LogP contribution in [0.25, 0.3) is 0 Å². The predicted molar refractivity (Wildman–Crippen MR) is 118 cm³/mol. The largest absolute Gasteiger partial charge is 0.454 e. The number of nitrogens with zero attached hydrogens (tertiary/aromatic N) is 2. The van der Waals surface area contributed by atoms with Gasteiger partial charge in [0.05, 0.1) is 6.21 Å². The molecule has 3 aromatic carbocycles. The average molecular weight is 464 g/mol. The molecule has 0 radical (unpaired) electrons. The van der Waals surface area contributed by atoms with Crippen LogP contribution in [-0.2, 0) is 13.1 Å². The molecule has 0 atom stereocenters. The Kier molecular flexibility index (Phi) is 4.88. The molecule has 0 saturated carbocycles. The number of hydrazone groups is 1. The third-order valence-corrected chi connectivity index (χ3v) is 5.69. The molecule has 0 aromatic heterocycles. The molecule has 1 amide bonds.